The number of nitrogens with zero attached hydrogens (tertiary/aromatic N) is 3. The average molecular weight is 383 g/mol. The summed E-state index contributed by atoms with van der Waals surface area (Å²) < 4.78 is 26.9. The number of rotatable bonds is 4. The van der Waals surface area contributed by atoms with Crippen LogP contribution in [0.4, 0.5) is 14.5 Å². The van der Waals surface area contributed by atoms with Crippen molar-refractivity contribution in [3.05, 3.63) is 27.5 Å². The van der Waals surface area contributed by atoms with E-state index in [4.69, 9.17) is 0 Å². The van der Waals surface area contributed by atoms with Crippen LogP contribution in [0.25, 0.3) is 0 Å². The van der Waals surface area contributed by atoms with E-state index >= 15 is 0 Å². The Bertz CT molecular complexity index is 833. The predicted molar refractivity (Wildman–Crippen MR) is 91.9 cm³/mol. The first-order chi connectivity index (χ1) is 12.3. The number of thiazole rings is 1. The van der Waals surface area contributed by atoms with E-state index in [0.717, 1.165) is 34.6 Å². The zero-order valence-corrected chi connectivity index (χ0v) is 15.2. The van der Waals surface area contributed by atoms with Crippen LogP contribution in [0, 0.1) is 5.92 Å². The van der Waals surface area contributed by atoms with Crippen molar-refractivity contribution < 1.29 is 18.4 Å². The lowest BCUT2D eigenvalue weighted by Gasteiger charge is -2.15. The molecule has 2 amide bonds. The summed E-state index contributed by atoms with van der Waals surface area (Å²) in [5.74, 6) is -1.30. The van der Waals surface area contributed by atoms with E-state index in [1.807, 2.05) is 0 Å². The number of aryl methyl sites for hydroxylation is 2. The highest BCUT2D eigenvalue weighted by Gasteiger charge is 2.23. The number of carbonyl (C=O) groups is 2. The maximum absolute atomic E-state index is 12.9. The first kappa shape index (κ1) is 18.4. The Morgan fingerprint density at radius 1 is 1.42 bits per heavy atom. The van der Waals surface area contributed by atoms with Crippen LogP contribution in [-0.2, 0) is 36.0 Å². The molecule has 1 aliphatic rings. The molecule has 0 radical (unpaired) electrons. The fourth-order valence-electron chi connectivity index (χ4n) is 2.85. The van der Waals surface area contributed by atoms with Gasteiger partial charge in [0.05, 0.1) is 17.9 Å². The Morgan fingerprint density at radius 3 is 2.92 bits per heavy atom. The molecule has 140 valence electrons. The molecule has 7 nitrogen and oxygen atoms in total. The Hall–Kier alpha value is -2.36. The van der Waals surface area contributed by atoms with Crippen molar-refractivity contribution in [1.82, 2.24) is 20.1 Å². The lowest BCUT2D eigenvalue weighted by atomic mass is 9.93. The Kier molecular flexibility index (Phi) is 5.30. The van der Waals surface area contributed by atoms with Gasteiger partial charge in [0.1, 0.15) is 5.01 Å². The van der Waals surface area contributed by atoms with Crippen LogP contribution in [-0.4, -0.2) is 26.6 Å². The van der Waals surface area contributed by atoms with Crippen LogP contribution in [0.2, 0.25) is 0 Å². The maximum Gasteiger partial charge on any atom is 0.313 e. The largest absolute Gasteiger partial charge is 0.341 e. The van der Waals surface area contributed by atoms with Crippen molar-refractivity contribution in [2.45, 2.75) is 39.2 Å². The molecule has 2 heterocycles. The number of halogens is 2. The van der Waals surface area contributed by atoms with Crippen molar-refractivity contribution in [1.29, 1.82) is 0 Å². The molecule has 0 spiro atoms. The first-order valence-electron chi connectivity index (χ1n) is 8.21. The number of alkyl halides is 2. The Labute approximate surface area is 152 Å². The molecule has 10 heteroatoms. The van der Waals surface area contributed by atoms with Gasteiger partial charge in [-0.2, -0.15) is 5.10 Å². The van der Waals surface area contributed by atoms with E-state index in [-0.39, 0.29) is 12.2 Å². The molecule has 2 aromatic rings. The fraction of sp³-hybridized carbons (Fsp3) is 0.500. The highest BCUT2D eigenvalue weighted by atomic mass is 32.1. The number of anilines is 1. The highest BCUT2D eigenvalue weighted by Crippen LogP contribution is 2.29. The Morgan fingerprint density at radius 2 is 2.19 bits per heavy atom. The number of aromatic nitrogens is 3. The standard InChI is InChI=1S/C16H19F2N5O2S/c1-8-3-4-9-11(5-8)26-12(20-9)6-19-15(24)16(25)21-10-7-23(2)22-13(10)14(17)18/h7-8,14H,3-6H2,1-2H3,(H,19,24)(H,21,25). The molecule has 2 N–H and O–H groups in total. The maximum atomic E-state index is 12.9. The fourth-order valence-corrected chi connectivity index (χ4v) is 4.07. The molecule has 26 heavy (non-hydrogen) atoms. The predicted octanol–water partition coefficient (Wildman–Crippen LogP) is 2.19. The second-order valence-corrected chi connectivity index (χ2v) is 7.53. The van der Waals surface area contributed by atoms with Crippen LogP contribution in [0.15, 0.2) is 6.20 Å². The molecule has 1 unspecified atom stereocenters. The van der Waals surface area contributed by atoms with E-state index in [1.54, 1.807) is 0 Å². The molecule has 0 saturated carbocycles. The van der Waals surface area contributed by atoms with Crippen molar-refractivity contribution in [2.24, 2.45) is 13.0 Å². The summed E-state index contributed by atoms with van der Waals surface area (Å²) in [7, 11) is 1.45. The smallest absolute Gasteiger partial charge is 0.313 e. The van der Waals surface area contributed by atoms with Crippen LogP contribution in [0.5, 0.6) is 0 Å². The van der Waals surface area contributed by atoms with Gasteiger partial charge in [-0.05, 0) is 25.2 Å². The van der Waals surface area contributed by atoms with Gasteiger partial charge in [-0.15, -0.1) is 11.3 Å². The summed E-state index contributed by atoms with van der Waals surface area (Å²) in [4.78, 5) is 29.6. The molecular formula is C16H19F2N5O2S. The summed E-state index contributed by atoms with van der Waals surface area (Å²) in [6, 6.07) is 0. The monoisotopic (exact) mass is 383 g/mol. The van der Waals surface area contributed by atoms with E-state index in [2.05, 4.69) is 27.6 Å². The van der Waals surface area contributed by atoms with Crippen LogP contribution >= 0.6 is 11.3 Å². The molecule has 0 aliphatic heterocycles. The molecular weight excluding hydrogens is 364 g/mol. The highest BCUT2D eigenvalue weighted by molar-refractivity contribution is 7.11. The van der Waals surface area contributed by atoms with Crippen LogP contribution in [0.3, 0.4) is 0 Å². The number of nitrogens with one attached hydrogen (secondary N) is 2. The summed E-state index contributed by atoms with van der Waals surface area (Å²) in [6.45, 7) is 2.33. The minimum absolute atomic E-state index is 0.132. The molecule has 0 aromatic carbocycles. The van der Waals surface area contributed by atoms with Gasteiger partial charge in [0.15, 0.2) is 5.69 Å². The van der Waals surface area contributed by atoms with Crippen molar-refractivity contribution in [2.75, 3.05) is 5.32 Å². The lowest BCUT2D eigenvalue weighted by molar-refractivity contribution is -0.136. The van der Waals surface area contributed by atoms with Gasteiger partial charge in [0, 0.05) is 18.1 Å². The number of hydrogen-bond acceptors (Lipinski definition) is 5. The van der Waals surface area contributed by atoms with E-state index in [9.17, 15) is 18.4 Å². The summed E-state index contributed by atoms with van der Waals surface area (Å²) in [5, 5.41) is 8.96. The number of hydrogen-bond donors (Lipinski definition) is 2. The van der Waals surface area contributed by atoms with Gasteiger partial charge in [-0.25, -0.2) is 13.8 Å². The Balaban J connectivity index is 1.58. The third kappa shape index (κ3) is 4.06. The zero-order chi connectivity index (χ0) is 18.8. The van der Waals surface area contributed by atoms with Gasteiger partial charge in [-0.3, -0.25) is 14.3 Å². The molecule has 1 atom stereocenters. The van der Waals surface area contributed by atoms with E-state index in [1.165, 1.54) is 29.5 Å². The first-order valence-corrected chi connectivity index (χ1v) is 9.03. The van der Waals surface area contributed by atoms with Gasteiger partial charge in [0.25, 0.3) is 6.43 Å². The summed E-state index contributed by atoms with van der Waals surface area (Å²) in [6.07, 6.45) is 1.39. The molecule has 1 aliphatic carbocycles. The topological polar surface area (TPSA) is 88.9 Å². The SMILES string of the molecule is CC1CCc2nc(CNC(=O)C(=O)Nc3cn(C)nc3C(F)F)sc2C1. The van der Waals surface area contributed by atoms with E-state index < -0.39 is 23.9 Å². The van der Waals surface area contributed by atoms with Gasteiger partial charge in [-0.1, -0.05) is 6.92 Å². The number of amides is 2. The van der Waals surface area contributed by atoms with Crippen molar-refractivity contribution in [3.63, 3.8) is 0 Å². The lowest BCUT2D eigenvalue weighted by Crippen LogP contribution is -2.35. The van der Waals surface area contributed by atoms with Gasteiger partial charge in [0.2, 0.25) is 0 Å². The summed E-state index contributed by atoms with van der Waals surface area (Å²) >= 11 is 1.54. The zero-order valence-electron chi connectivity index (χ0n) is 14.4. The minimum atomic E-state index is -2.85. The average Bonchev–Trinajstić information content (AvgIpc) is 3.14. The van der Waals surface area contributed by atoms with Crippen LogP contribution < -0.4 is 10.6 Å². The summed E-state index contributed by atoms with van der Waals surface area (Å²) in [5.41, 5.74) is 0.315. The van der Waals surface area contributed by atoms with Crippen molar-refractivity contribution >= 4 is 28.8 Å². The molecule has 0 fully saturated rings. The van der Waals surface area contributed by atoms with Gasteiger partial charge >= 0.3 is 11.8 Å². The molecule has 0 saturated heterocycles. The van der Waals surface area contributed by atoms with Crippen molar-refractivity contribution in [3.8, 4) is 0 Å². The normalized spacial score (nSPS) is 16.4. The molecule has 3 rings (SSSR count). The van der Waals surface area contributed by atoms with E-state index in [0.29, 0.717) is 5.92 Å². The molecule has 0 bridgehead atoms. The third-order valence-corrected chi connectivity index (χ3v) is 5.27. The number of fused-ring (bicyclic) bond motifs is 1. The molecule has 2 aromatic heterocycles. The van der Waals surface area contributed by atoms with Gasteiger partial charge < -0.3 is 10.6 Å². The minimum Gasteiger partial charge on any atom is -0.341 e. The second kappa shape index (κ2) is 7.48. The quantitative estimate of drug-likeness (QED) is 0.792. The van der Waals surface area contributed by atoms with Crippen LogP contribution in [0.1, 0.15) is 41.0 Å². The number of carbonyl (C=O) groups excluding carboxylic acids is 2. The third-order valence-electron chi connectivity index (χ3n) is 4.15. The second-order valence-electron chi connectivity index (χ2n) is 6.36.